The van der Waals surface area contributed by atoms with E-state index in [0.29, 0.717) is 35.7 Å². The molecule has 3 aliphatic heterocycles. The van der Waals surface area contributed by atoms with Crippen LogP contribution in [0.5, 0.6) is 0 Å². The second kappa shape index (κ2) is 9.99. The summed E-state index contributed by atoms with van der Waals surface area (Å²) in [6.07, 6.45) is 4.66. The normalized spacial score (nSPS) is 24.2. The Morgan fingerprint density at radius 2 is 1.95 bits per heavy atom. The first kappa shape index (κ1) is 25.0. The molecule has 2 fully saturated rings. The number of carbonyl (C=O) groups excluding carboxylic acids is 3. The fourth-order valence-electron chi connectivity index (χ4n) is 5.47. The Bertz CT molecular complexity index is 1230. The molecule has 3 atom stereocenters. The number of amides is 3. The summed E-state index contributed by atoms with van der Waals surface area (Å²) >= 11 is 0. The lowest BCUT2D eigenvalue weighted by Crippen LogP contribution is -2.43. The van der Waals surface area contributed by atoms with Gasteiger partial charge in [-0.25, -0.2) is 4.79 Å². The van der Waals surface area contributed by atoms with E-state index >= 15 is 0 Å². The molecule has 0 saturated carbocycles. The first-order valence-electron chi connectivity index (χ1n) is 12.6. The minimum absolute atomic E-state index is 0.0564. The number of rotatable bonds is 7. The van der Waals surface area contributed by atoms with Gasteiger partial charge in [-0.1, -0.05) is 37.3 Å². The molecule has 0 spiro atoms. The van der Waals surface area contributed by atoms with E-state index in [1.165, 1.54) is 9.80 Å². The van der Waals surface area contributed by atoms with Crippen LogP contribution in [-0.2, 0) is 19.9 Å². The highest BCUT2D eigenvalue weighted by Gasteiger charge is 2.53. The molecule has 5 rings (SSSR count). The van der Waals surface area contributed by atoms with Gasteiger partial charge in [0.25, 0.3) is 5.91 Å². The van der Waals surface area contributed by atoms with Crippen LogP contribution in [0.15, 0.2) is 60.7 Å². The fraction of sp³-hybridized carbons (Fsp3) is 0.393. The molecule has 194 valence electrons. The lowest BCUT2D eigenvalue weighted by molar-refractivity contribution is -0.138. The summed E-state index contributed by atoms with van der Waals surface area (Å²) in [6, 6.07) is 14.1. The minimum atomic E-state index is -1.91. The van der Waals surface area contributed by atoms with Crippen LogP contribution in [-0.4, -0.2) is 65.4 Å². The molecule has 2 aromatic carbocycles. The monoisotopic (exact) mass is 505 g/mol. The number of anilines is 3. The quantitative estimate of drug-likeness (QED) is 0.560. The van der Waals surface area contributed by atoms with Gasteiger partial charge >= 0.3 is 6.09 Å². The number of carbonyl (C=O) groups is 3. The maximum Gasteiger partial charge on any atom is 0.414 e. The number of benzene rings is 2. The number of fused-ring (bicyclic) bond motifs is 1. The predicted octanol–water partition coefficient (Wildman–Crippen LogP) is 3.07. The Kier molecular flexibility index (Phi) is 6.74. The zero-order valence-corrected chi connectivity index (χ0v) is 20.7. The van der Waals surface area contributed by atoms with Crippen molar-refractivity contribution < 1.29 is 29.3 Å². The van der Waals surface area contributed by atoms with Crippen molar-refractivity contribution in [2.45, 2.75) is 37.8 Å². The number of cyclic esters (lactones) is 1. The number of para-hydroxylation sites is 1. The number of aliphatic hydroxyl groups is 2. The van der Waals surface area contributed by atoms with Gasteiger partial charge in [-0.3, -0.25) is 19.4 Å². The van der Waals surface area contributed by atoms with E-state index in [9.17, 15) is 24.6 Å². The third-order valence-corrected chi connectivity index (χ3v) is 7.53. The van der Waals surface area contributed by atoms with Crippen molar-refractivity contribution in [1.82, 2.24) is 4.90 Å². The van der Waals surface area contributed by atoms with Crippen molar-refractivity contribution in [3.05, 3.63) is 66.2 Å². The topological polar surface area (TPSA) is 111 Å². The number of nitrogens with zero attached hydrogens (tertiary/aromatic N) is 3. The maximum atomic E-state index is 13.8. The van der Waals surface area contributed by atoms with E-state index in [1.807, 2.05) is 18.2 Å². The van der Waals surface area contributed by atoms with Gasteiger partial charge in [0.1, 0.15) is 6.61 Å². The molecule has 0 unspecified atom stereocenters. The van der Waals surface area contributed by atoms with Crippen LogP contribution in [0.25, 0.3) is 0 Å². The molecule has 2 aromatic rings. The molecule has 9 heteroatoms. The first-order chi connectivity index (χ1) is 17.9. The Hall–Kier alpha value is -3.69. The summed E-state index contributed by atoms with van der Waals surface area (Å²) in [5.74, 6) is -1.27. The van der Waals surface area contributed by atoms with Crippen LogP contribution >= 0.6 is 0 Å². The second-order valence-electron chi connectivity index (χ2n) is 9.70. The van der Waals surface area contributed by atoms with Crippen LogP contribution in [0.2, 0.25) is 0 Å². The lowest BCUT2D eigenvalue weighted by Gasteiger charge is -2.28. The highest BCUT2D eigenvalue weighted by Crippen LogP contribution is 2.49. The van der Waals surface area contributed by atoms with Gasteiger partial charge in [0.2, 0.25) is 5.91 Å². The summed E-state index contributed by atoms with van der Waals surface area (Å²) in [6.45, 7) is 2.96. The van der Waals surface area contributed by atoms with Crippen molar-refractivity contribution >= 4 is 35.0 Å². The molecule has 3 heterocycles. The molecule has 2 saturated heterocycles. The van der Waals surface area contributed by atoms with Crippen LogP contribution in [0, 0.1) is 5.92 Å². The molecule has 0 radical (unpaired) electrons. The van der Waals surface area contributed by atoms with E-state index in [2.05, 4.69) is 0 Å². The van der Waals surface area contributed by atoms with Crippen molar-refractivity contribution in [2.24, 2.45) is 5.92 Å². The van der Waals surface area contributed by atoms with Crippen molar-refractivity contribution in [3.63, 3.8) is 0 Å². The number of hydrogen-bond donors (Lipinski definition) is 2. The van der Waals surface area contributed by atoms with E-state index in [0.717, 1.165) is 12.8 Å². The Morgan fingerprint density at radius 1 is 1.16 bits per heavy atom. The highest BCUT2D eigenvalue weighted by molar-refractivity contribution is 6.12. The van der Waals surface area contributed by atoms with Gasteiger partial charge in [0.05, 0.1) is 24.9 Å². The molecule has 9 nitrogen and oxygen atoms in total. The van der Waals surface area contributed by atoms with Gasteiger partial charge in [0.15, 0.2) is 5.60 Å². The van der Waals surface area contributed by atoms with Gasteiger partial charge in [-0.05, 0) is 43.2 Å². The molecule has 2 N–H and O–H groups in total. The second-order valence-corrected chi connectivity index (χ2v) is 9.70. The third-order valence-electron chi connectivity index (χ3n) is 7.53. The summed E-state index contributed by atoms with van der Waals surface area (Å²) < 4.78 is 5.07. The average Bonchev–Trinajstić information content (AvgIpc) is 3.62. The van der Waals surface area contributed by atoms with Crippen LogP contribution < -0.4 is 9.80 Å². The molecule has 0 aromatic heterocycles. The third kappa shape index (κ3) is 4.28. The Labute approximate surface area is 215 Å². The Balaban J connectivity index is 1.46. The number of likely N-dealkylation sites (tertiary alicyclic amines) is 1. The van der Waals surface area contributed by atoms with E-state index in [1.54, 1.807) is 54.3 Å². The smallest absolute Gasteiger partial charge is 0.414 e. The largest absolute Gasteiger partial charge is 0.447 e. The van der Waals surface area contributed by atoms with E-state index < -0.39 is 23.5 Å². The summed E-state index contributed by atoms with van der Waals surface area (Å²) in [7, 11) is 0. The first-order valence-corrected chi connectivity index (χ1v) is 12.6. The SMILES string of the molecule is C[C@@H](/C=C/CC(=O)N1CCC[C@H]1CO)[C@]1(O)C(=O)N(c2ccccc2)c2ccc(N3CCOC3=O)cc21. The zero-order chi connectivity index (χ0) is 26.2. The highest BCUT2D eigenvalue weighted by atomic mass is 16.6. The molecule has 3 aliphatic rings. The standard InChI is InChI=1S/C28H31N3O6/c1-19(7-5-11-25(33)29-14-6-10-22(29)18-32)28(36)23-17-21(30-15-16-37-27(30)35)12-13-24(23)31(26(28)34)20-8-3-2-4-9-20/h2-5,7-9,12-13,17,19,22,32,36H,6,10-11,14-16,18H2,1H3/b7-5+/t19-,22-,28+/m0/s1. The van der Waals surface area contributed by atoms with Crippen molar-refractivity contribution in [2.75, 3.05) is 36.1 Å². The van der Waals surface area contributed by atoms with Crippen LogP contribution in [0.4, 0.5) is 21.9 Å². The number of aliphatic hydroxyl groups excluding tert-OH is 1. The molecular weight excluding hydrogens is 474 g/mol. The van der Waals surface area contributed by atoms with Gasteiger partial charge in [-0.2, -0.15) is 0 Å². The van der Waals surface area contributed by atoms with Crippen LogP contribution in [0.1, 0.15) is 31.7 Å². The molecule has 3 amide bonds. The van der Waals surface area contributed by atoms with E-state index in [4.69, 9.17) is 4.74 Å². The van der Waals surface area contributed by atoms with Crippen molar-refractivity contribution in [1.29, 1.82) is 0 Å². The molecular formula is C28H31N3O6. The number of hydrogen-bond acceptors (Lipinski definition) is 6. The fourth-order valence-corrected chi connectivity index (χ4v) is 5.47. The zero-order valence-electron chi connectivity index (χ0n) is 20.7. The summed E-state index contributed by atoms with van der Waals surface area (Å²) in [4.78, 5) is 43.4. The molecule has 0 aliphatic carbocycles. The molecule has 37 heavy (non-hydrogen) atoms. The minimum Gasteiger partial charge on any atom is -0.447 e. The van der Waals surface area contributed by atoms with Crippen molar-refractivity contribution in [3.8, 4) is 0 Å². The lowest BCUT2D eigenvalue weighted by atomic mass is 9.82. The average molecular weight is 506 g/mol. The summed E-state index contributed by atoms with van der Waals surface area (Å²) in [5, 5.41) is 21.5. The maximum absolute atomic E-state index is 13.8. The Morgan fingerprint density at radius 3 is 2.65 bits per heavy atom. The van der Waals surface area contributed by atoms with E-state index in [-0.39, 0.29) is 31.6 Å². The number of ether oxygens (including phenoxy) is 1. The molecule has 0 bridgehead atoms. The predicted molar refractivity (Wildman–Crippen MR) is 137 cm³/mol. The van der Waals surface area contributed by atoms with Crippen LogP contribution in [0.3, 0.4) is 0 Å². The summed E-state index contributed by atoms with van der Waals surface area (Å²) in [5.41, 5.74) is 0.174. The van der Waals surface area contributed by atoms with Gasteiger partial charge in [0, 0.05) is 35.8 Å². The van der Waals surface area contributed by atoms with Gasteiger partial charge < -0.3 is 19.8 Å². The van der Waals surface area contributed by atoms with Gasteiger partial charge in [-0.15, -0.1) is 0 Å².